The quantitative estimate of drug-likeness (QED) is 0.491. The molecule has 7 nitrogen and oxygen atoms in total. The maximum Gasteiger partial charge on any atom is 0.263 e. The molecule has 0 spiro atoms. The molecule has 4 rings (SSSR count). The van der Waals surface area contributed by atoms with Gasteiger partial charge in [0, 0.05) is 6.54 Å². The largest absolute Gasteiger partial charge is 0.497 e. The summed E-state index contributed by atoms with van der Waals surface area (Å²) in [6.45, 7) is 4.00. The van der Waals surface area contributed by atoms with Crippen molar-refractivity contribution in [3.8, 4) is 22.1 Å². The summed E-state index contributed by atoms with van der Waals surface area (Å²) in [5.74, 6) is 0.218. The lowest BCUT2D eigenvalue weighted by molar-refractivity contribution is 0.0954. The second-order valence-electron chi connectivity index (χ2n) is 6.88. The molecule has 0 radical (unpaired) electrons. The highest BCUT2D eigenvalue weighted by molar-refractivity contribution is 7.17. The third-order valence-electron chi connectivity index (χ3n) is 4.78. The average Bonchev–Trinajstić information content (AvgIpc) is 3.35. The van der Waals surface area contributed by atoms with E-state index < -0.39 is 0 Å². The van der Waals surface area contributed by atoms with Crippen LogP contribution < -0.4 is 10.1 Å². The van der Waals surface area contributed by atoms with Crippen LogP contribution in [-0.4, -0.2) is 33.0 Å². The van der Waals surface area contributed by atoms with Crippen molar-refractivity contribution in [2.75, 3.05) is 7.11 Å². The molecule has 2 aromatic carbocycles. The number of halogens is 1. The summed E-state index contributed by atoms with van der Waals surface area (Å²) in [6.07, 6.45) is 0. The lowest BCUT2D eigenvalue weighted by Crippen LogP contribution is -2.22. The van der Waals surface area contributed by atoms with Gasteiger partial charge in [-0.2, -0.15) is 0 Å². The Morgan fingerprint density at radius 1 is 1.13 bits per heavy atom. The predicted molar refractivity (Wildman–Crippen MR) is 116 cm³/mol. The number of carbonyl (C=O) groups excluding carboxylic acids is 1. The van der Waals surface area contributed by atoms with Gasteiger partial charge in [-0.3, -0.25) is 4.79 Å². The smallest absolute Gasteiger partial charge is 0.263 e. The molecule has 0 saturated heterocycles. The Morgan fingerprint density at radius 2 is 1.84 bits per heavy atom. The molecule has 158 valence electrons. The SMILES string of the molecule is COc1ccc(-n2nnc(-c3nc(C)c(C(=O)NCc4ccc(F)cc4)s3)c2C)cc1. The summed E-state index contributed by atoms with van der Waals surface area (Å²) >= 11 is 1.27. The number of amides is 1. The molecule has 1 N–H and O–H groups in total. The summed E-state index contributed by atoms with van der Waals surface area (Å²) < 4.78 is 19.9. The number of hydrogen-bond acceptors (Lipinski definition) is 6. The molecular weight excluding hydrogens is 417 g/mol. The molecule has 0 atom stereocenters. The number of aryl methyl sites for hydroxylation is 1. The standard InChI is InChI=1S/C22H20FN5O2S/c1-13-20(21(29)24-12-15-4-6-16(23)7-5-15)31-22(25-13)19-14(2)28(27-26-19)17-8-10-18(30-3)11-9-17/h4-11H,12H2,1-3H3,(H,24,29). The van der Waals surface area contributed by atoms with Crippen LogP contribution in [0.3, 0.4) is 0 Å². The van der Waals surface area contributed by atoms with E-state index in [1.54, 1.807) is 30.8 Å². The number of hydrogen-bond donors (Lipinski definition) is 1. The molecule has 0 aliphatic carbocycles. The van der Waals surface area contributed by atoms with Gasteiger partial charge in [0.1, 0.15) is 27.1 Å². The molecule has 0 saturated carbocycles. The zero-order chi connectivity index (χ0) is 22.0. The van der Waals surface area contributed by atoms with Gasteiger partial charge in [0.05, 0.1) is 24.2 Å². The van der Waals surface area contributed by atoms with Crippen molar-refractivity contribution < 1.29 is 13.9 Å². The summed E-state index contributed by atoms with van der Waals surface area (Å²) in [4.78, 5) is 17.7. The molecule has 9 heteroatoms. The number of nitrogens with one attached hydrogen (secondary N) is 1. The number of methoxy groups -OCH3 is 1. The first-order valence-electron chi connectivity index (χ1n) is 9.53. The normalized spacial score (nSPS) is 10.8. The molecule has 0 bridgehead atoms. The number of benzene rings is 2. The van der Waals surface area contributed by atoms with Gasteiger partial charge in [-0.25, -0.2) is 14.1 Å². The van der Waals surface area contributed by atoms with Crippen molar-refractivity contribution in [1.82, 2.24) is 25.3 Å². The van der Waals surface area contributed by atoms with E-state index >= 15 is 0 Å². The molecule has 1 amide bonds. The summed E-state index contributed by atoms with van der Waals surface area (Å²) in [6, 6.07) is 13.5. The van der Waals surface area contributed by atoms with Crippen LogP contribution in [0.4, 0.5) is 4.39 Å². The van der Waals surface area contributed by atoms with Crippen LogP contribution in [0.2, 0.25) is 0 Å². The maximum atomic E-state index is 13.0. The topological polar surface area (TPSA) is 81.9 Å². The number of carbonyl (C=O) groups is 1. The molecule has 0 aliphatic heterocycles. The predicted octanol–water partition coefficient (Wildman–Crippen LogP) is 4.09. The molecule has 0 unspecified atom stereocenters. The fourth-order valence-electron chi connectivity index (χ4n) is 3.07. The van der Waals surface area contributed by atoms with E-state index in [0.29, 0.717) is 27.8 Å². The molecular formula is C22H20FN5O2S. The minimum atomic E-state index is -0.309. The molecule has 31 heavy (non-hydrogen) atoms. The van der Waals surface area contributed by atoms with Crippen LogP contribution in [0.15, 0.2) is 48.5 Å². The summed E-state index contributed by atoms with van der Waals surface area (Å²) in [7, 11) is 1.62. The number of rotatable bonds is 6. The van der Waals surface area contributed by atoms with Crippen molar-refractivity contribution in [3.05, 3.63) is 76.2 Å². The first-order valence-corrected chi connectivity index (χ1v) is 10.3. The molecule has 0 aliphatic rings. The van der Waals surface area contributed by atoms with E-state index in [0.717, 1.165) is 22.7 Å². The van der Waals surface area contributed by atoms with Crippen LogP contribution >= 0.6 is 11.3 Å². The monoisotopic (exact) mass is 437 g/mol. The van der Waals surface area contributed by atoms with Crippen molar-refractivity contribution in [3.63, 3.8) is 0 Å². The molecule has 2 heterocycles. The van der Waals surface area contributed by atoms with Crippen LogP contribution in [0.5, 0.6) is 5.75 Å². The number of nitrogens with zero attached hydrogens (tertiary/aromatic N) is 4. The van der Waals surface area contributed by atoms with E-state index in [4.69, 9.17) is 4.74 Å². The molecule has 2 aromatic heterocycles. The third-order valence-corrected chi connectivity index (χ3v) is 5.95. The van der Waals surface area contributed by atoms with Gasteiger partial charge in [0.2, 0.25) is 0 Å². The van der Waals surface area contributed by atoms with Crippen LogP contribution in [0.25, 0.3) is 16.4 Å². The van der Waals surface area contributed by atoms with Gasteiger partial charge in [-0.1, -0.05) is 17.3 Å². The zero-order valence-electron chi connectivity index (χ0n) is 17.2. The minimum Gasteiger partial charge on any atom is -0.497 e. The molecule has 0 fully saturated rings. The van der Waals surface area contributed by atoms with Crippen molar-refractivity contribution in [2.45, 2.75) is 20.4 Å². The summed E-state index contributed by atoms with van der Waals surface area (Å²) in [5, 5.41) is 12.0. The lowest BCUT2D eigenvalue weighted by atomic mass is 10.2. The highest BCUT2D eigenvalue weighted by Gasteiger charge is 2.20. The maximum absolute atomic E-state index is 13.0. The first-order chi connectivity index (χ1) is 15.0. The summed E-state index contributed by atoms with van der Waals surface area (Å²) in [5.41, 5.74) is 3.73. The number of aromatic nitrogens is 4. The first kappa shape index (κ1) is 20.7. The Bertz CT molecular complexity index is 1220. The Kier molecular flexibility index (Phi) is 5.77. The van der Waals surface area contributed by atoms with Crippen LogP contribution in [-0.2, 0) is 6.54 Å². The van der Waals surface area contributed by atoms with Gasteiger partial charge in [-0.05, 0) is 55.8 Å². The van der Waals surface area contributed by atoms with Gasteiger partial charge in [0.15, 0.2) is 0 Å². The minimum absolute atomic E-state index is 0.231. The molecule has 4 aromatic rings. The Labute approximate surface area is 182 Å². The fourth-order valence-corrected chi connectivity index (χ4v) is 4.09. The lowest BCUT2D eigenvalue weighted by Gasteiger charge is -2.04. The Balaban J connectivity index is 1.53. The third kappa shape index (κ3) is 4.31. The van der Waals surface area contributed by atoms with Gasteiger partial charge >= 0.3 is 0 Å². The van der Waals surface area contributed by atoms with Crippen LogP contribution in [0, 0.1) is 19.7 Å². The van der Waals surface area contributed by atoms with Crippen LogP contribution in [0.1, 0.15) is 26.6 Å². The highest BCUT2D eigenvalue weighted by atomic mass is 32.1. The van der Waals surface area contributed by atoms with E-state index in [1.165, 1.54) is 23.5 Å². The second kappa shape index (κ2) is 8.65. The average molecular weight is 438 g/mol. The van der Waals surface area contributed by atoms with Crippen molar-refractivity contribution in [2.24, 2.45) is 0 Å². The highest BCUT2D eigenvalue weighted by Crippen LogP contribution is 2.29. The fraction of sp³-hybridized carbons (Fsp3) is 0.182. The van der Waals surface area contributed by atoms with E-state index in [2.05, 4.69) is 20.6 Å². The van der Waals surface area contributed by atoms with Gasteiger partial charge in [0.25, 0.3) is 5.91 Å². The second-order valence-corrected chi connectivity index (χ2v) is 7.88. The number of ether oxygens (including phenoxy) is 1. The van der Waals surface area contributed by atoms with Gasteiger partial charge < -0.3 is 10.1 Å². The Morgan fingerprint density at radius 3 is 2.52 bits per heavy atom. The van der Waals surface area contributed by atoms with Crippen molar-refractivity contribution >= 4 is 17.2 Å². The van der Waals surface area contributed by atoms with Gasteiger partial charge in [-0.15, -0.1) is 16.4 Å². The van der Waals surface area contributed by atoms with E-state index in [9.17, 15) is 9.18 Å². The number of thiazole rings is 1. The van der Waals surface area contributed by atoms with E-state index in [-0.39, 0.29) is 11.7 Å². The Hall–Kier alpha value is -3.59. The zero-order valence-corrected chi connectivity index (χ0v) is 18.0. The van der Waals surface area contributed by atoms with Crippen molar-refractivity contribution in [1.29, 1.82) is 0 Å². The van der Waals surface area contributed by atoms with E-state index in [1.807, 2.05) is 31.2 Å².